The van der Waals surface area contributed by atoms with E-state index in [9.17, 15) is 9.90 Å². The van der Waals surface area contributed by atoms with E-state index in [0.717, 1.165) is 19.4 Å². The van der Waals surface area contributed by atoms with Crippen molar-refractivity contribution < 1.29 is 9.90 Å². The monoisotopic (exact) mass is 277 g/mol. The van der Waals surface area contributed by atoms with E-state index in [4.69, 9.17) is 0 Å². The van der Waals surface area contributed by atoms with Crippen LogP contribution in [0.2, 0.25) is 0 Å². The summed E-state index contributed by atoms with van der Waals surface area (Å²) in [6.07, 6.45) is 3.63. The third kappa shape index (κ3) is 3.48. The number of piperidine rings is 1. The molecule has 110 valence electrons. The lowest BCUT2D eigenvalue weighted by molar-refractivity contribution is 0.0621. The number of nitrogens with one attached hydrogen (secondary N) is 1. The number of rotatable bonds is 4. The zero-order valence-electron chi connectivity index (χ0n) is 12.2. The van der Waals surface area contributed by atoms with Gasteiger partial charge >= 0.3 is 0 Å². The van der Waals surface area contributed by atoms with E-state index in [1.807, 2.05) is 24.8 Å². The van der Waals surface area contributed by atoms with Crippen molar-refractivity contribution in [3.05, 3.63) is 23.9 Å². The second-order valence-corrected chi connectivity index (χ2v) is 5.64. The number of amides is 1. The molecule has 0 spiro atoms. The van der Waals surface area contributed by atoms with Crippen LogP contribution in [0.15, 0.2) is 18.3 Å². The molecule has 1 amide bonds. The molecule has 0 bridgehead atoms. The molecule has 1 saturated heterocycles. The molecule has 5 nitrogen and oxygen atoms in total. The third-order valence-electron chi connectivity index (χ3n) is 3.53. The molecule has 0 saturated carbocycles. The summed E-state index contributed by atoms with van der Waals surface area (Å²) >= 11 is 0. The van der Waals surface area contributed by atoms with Gasteiger partial charge in [-0.15, -0.1) is 0 Å². The van der Waals surface area contributed by atoms with Crippen molar-refractivity contribution in [3.8, 4) is 0 Å². The number of aliphatic hydroxyl groups excluding tert-OH is 1. The fourth-order valence-corrected chi connectivity index (χ4v) is 2.54. The Bertz CT molecular complexity index is 462. The van der Waals surface area contributed by atoms with Crippen LogP contribution in [-0.4, -0.2) is 46.6 Å². The third-order valence-corrected chi connectivity index (χ3v) is 3.53. The smallest absolute Gasteiger partial charge is 0.257 e. The number of likely N-dealkylation sites (tertiary alicyclic amines) is 1. The van der Waals surface area contributed by atoms with E-state index < -0.39 is 0 Å². The first-order valence-electron chi connectivity index (χ1n) is 7.23. The predicted molar refractivity (Wildman–Crippen MR) is 78.7 cm³/mol. The molecule has 1 aromatic rings. The number of hydrogen-bond acceptors (Lipinski definition) is 4. The van der Waals surface area contributed by atoms with E-state index in [0.29, 0.717) is 17.9 Å². The molecule has 1 aromatic heterocycles. The molecule has 0 aromatic carbocycles. The molecule has 0 radical (unpaired) electrons. The fourth-order valence-electron chi connectivity index (χ4n) is 2.54. The summed E-state index contributed by atoms with van der Waals surface area (Å²) in [7, 11) is 0. The Hall–Kier alpha value is -1.62. The van der Waals surface area contributed by atoms with Crippen molar-refractivity contribution in [2.24, 2.45) is 5.92 Å². The van der Waals surface area contributed by atoms with Crippen LogP contribution >= 0.6 is 0 Å². The normalized spacial score (nSPS) is 19.2. The van der Waals surface area contributed by atoms with E-state index in [2.05, 4.69) is 10.3 Å². The first kappa shape index (κ1) is 14.8. The second-order valence-electron chi connectivity index (χ2n) is 5.64. The number of pyridine rings is 1. The molecule has 1 atom stereocenters. The molecule has 0 aliphatic carbocycles. The maximum Gasteiger partial charge on any atom is 0.257 e. The lowest BCUT2D eigenvalue weighted by Gasteiger charge is -2.32. The number of hydrogen-bond donors (Lipinski definition) is 2. The maximum absolute atomic E-state index is 12.6. The van der Waals surface area contributed by atoms with Crippen molar-refractivity contribution in [2.45, 2.75) is 32.7 Å². The van der Waals surface area contributed by atoms with Gasteiger partial charge in [-0.3, -0.25) is 4.79 Å². The van der Waals surface area contributed by atoms with E-state index in [1.54, 1.807) is 12.3 Å². The average molecular weight is 277 g/mol. The zero-order chi connectivity index (χ0) is 14.5. The lowest BCUT2D eigenvalue weighted by atomic mass is 9.98. The Kier molecular flexibility index (Phi) is 4.95. The first-order valence-corrected chi connectivity index (χ1v) is 7.23. The minimum absolute atomic E-state index is 0.000556. The Morgan fingerprint density at radius 1 is 1.60 bits per heavy atom. The number of anilines is 1. The molecular formula is C15H23N3O2. The fraction of sp³-hybridized carbons (Fsp3) is 0.600. The van der Waals surface area contributed by atoms with Gasteiger partial charge in [-0.1, -0.05) is 0 Å². The van der Waals surface area contributed by atoms with Gasteiger partial charge in [0.2, 0.25) is 0 Å². The number of carbonyl (C=O) groups excluding carboxylic acids is 1. The highest BCUT2D eigenvalue weighted by molar-refractivity contribution is 5.98. The quantitative estimate of drug-likeness (QED) is 0.880. The predicted octanol–water partition coefficient (Wildman–Crippen LogP) is 1.75. The highest BCUT2D eigenvalue weighted by Gasteiger charge is 2.25. The number of nitrogens with zero attached hydrogens (tertiary/aromatic N) is 2. The average Bonchev–Trinajstić information content (AvgIpc) is 2.46. The highest BCUT2D eigenvalue weighted by Crippen LogP contribution is 2.21. The Balaban J connectivity index is 2.16. The van der Waals surface area contributed by atoms with Crippen molar-refractivity contribution in [3.63, 3.8) is 0 Å². The van der Waals surface area contributed by atoms with Crippen LogP contribution in [-0.2, 0) is 0 Å². The lowest BCUT2D eigenvalue weighted by Crippen LogP contribution is -2.41. The molecule has 20 heavy (non-hydrogen) atoms. The van der Waals surface area contributed by atoms with Gasteiger partial charge in [0.1, 0.15) is 5.82 Å². The summed E-state index contributed by atoms with van der Waals surface area (Å²) in [6, 6.07) is 3.82. The van der Waals surface area contributed by atoms with Crippen molar-refractivity contribution in [1.82, 2.24) is 9.88 Å². The van der Waals surface area contributed by atoms with Crippen molar-refractivity contribution >= 4 is 11.7 Å². The summed E-state index contributed by atoms with van der Waals surface area (Å²) in [5, 5.41) is 12.5. The molecule has 2 heterocycles. The SMILES string of the molecule is CC(C)Nc1ncccc1C(=O)N1CCCC(CO)C1. The van der Waals surface area contributed by atoms with Gasteiger partial charge in [0.05, 0.1) is 5.56 Å². The summed E-state index contributed by atoms with van der Waals surface area (Å²) in [5.74, 6) is 0.837. The van der Waals surface area contributed by atoms with Gasteiger partial charge in [0, 0.05) is 31.9 Å². The molecule has 1 aliphatic rings. The molecule has 2 N–H and O–H groups in total. The summed E-state index contributed by atoms with van der Waals surface area (Å²) in [6.45, 7) is 5.57. The van der Waals surface area contributed by atoms with Crippen LogP contribution in [0, 0.1) is 5.92 Å². The second kappa shape index (κ2) is 6.70. The Morgan fingerprint density at radius 3 is 3.10 bits per heavy atom. The van der Waals surface area contributed by atoms with Gasteiger partial charge in [0.15, 0.2) is 0 Å². The standard InChI is InChI=1S/C15H23N3O2/c1-11(2)17-14-13(6-3-7-16-14)15(20)18-8-4-5-12(9-18)10-19/h3,6-7,11-12,19H,4-5,8-10H2,1-2H3,(H,16,17). The number of aromatic nitrogens is 1. The van der Waals surface area contributed by atoms with Crippen LogP contribution in [0.25, 0.3) is 0 Å². The molecule has 1 aliphatic heterocycles. The summed E-state index contributed by atoms with van der Waals surface area (Å²) in [5.41, 5.74) is 0.611. The highest BCUT2D eigenvalue weighted by atomic mass is 16.3. The van der Waals surface area contributed by atoms with Crippen LogP contribution < -0.4 is 5.32 Å². The van der Waals surface area contributed by atoms with Crippen molar-refractivity contribution in [2.75, 3.05) is 25.0 Å². The van der Waals surface area contributed by atoms with E-state index in [1.165, 1.54) is 0 Å². The summed E-state index contributed by atoms with van der Waals surface area (Å²) in [4.78, 5) is 18.7. The molecule has 1 fully saturated rings. The largest absolute Gasteiger partial charge is 0.396 e. The molecule has 1 unspecified atom stereocenters. The Morgan fingerprint density at radius 2 is 2.40 bits per heavy atom. The van der Waals surface area contributed by atoms with Gasteiger partial charge in [-0.2, -0.15) is 0 Å². The maximum atomic E-state index is 12.6. The van der Waals surface area contributed by atoms with Gasteiger partial charge in [-0.25, -0.2) is 4.98 Å². The molecular weight excluding hydrogens is 254 g/mol. The van der Waals surface area contributed by atoms with Crippen LogP contribution in [0.4, 0.5) is 5.82 Å². The van der Waals surface area contributed by atoms with Crippen LogP contribution in [0.1, 0.15) is 37.0 Å². The van der Waals surface area contributed by atoms with Gasteiger partial charge in [0.25, 0.3) is 5.91 Å². The van der Waals surface area contributed by atoms with E-state index >= 15 is 0 Å². The van der Waals surface area contributed by atoms with E-state index in [-0.39, 0.29) is 24.5 Å². The molecule has 2 rings (SSSR count). The molecule has 5 heteroatoms. The number of aliphatic hydroxyl groups is 1. The Labute approximate surface area is 120 Å². The first-order chi connectivity index (χ1) is 9.61. The van der Waals surface area contributed by atoms with Crippen LogP contribution in [0.5, 0.6) is 0 Å². The topological polar surface area (TPSA) is 65.5 Å². The minimum Gasteiger partial charge on any atom is -0.396 e. The van der Waals surface area contributed by atoms with Gasteiger partial charge in [-0.05, 0) is 44.7 Å². The van der Waals surface area contributed by atoms with Gasteiger partial charge < -0.3 is 15.3 Å². The minimum atomic E-state index is -0.000556. The zero-order valence-corrected chi connectivity index (χ0v) is 12.2. The van der Waals surface area contributed by atoms with Crippen molar-refractivity contribution in [1.29, 1.82) is 0 Å². The van der Waals surface area contributed by atoms with Crippen LogP contribution in [0.3, 0.4) is 0 Å². The number of carbonyl (C=O) groups is 1. The summed E-state index contributed by atoms with van der Waals surface area (Å²) < 4.78 is 0.